The van der Waals surface area contributed by atoms with Gasteiger partial charge in [0.1, 0.15) is 0 Å². The Hall–Kier alpha value is -0.120. The molecule has 2 fully saturated rings. The first-order chi connectivity index (χ1) is 14.4. The molecule has 1 atom stereocenters. The first kappa shape index (κ1) is 26.1. The van der Waals surface area contributed by atoms with E-state index in [2.05, 4.69) is 27.9 Å². The van der Waals surface area contributed by atoms with Crippen LogP contribution in [0.25, 0.3) is 0 Å². The summed E-state index contributed by atoms with van der Waals surface area (Å²) >= 11 is 0. The topological polar surface area (TPSA) is 20.2 Å². The summed E-state index contributed by atoms with van der Waals surface area (Å²) in [5, 5.41) is 10.9. The zero-order valence-corrected chi connectivity index (χ0v) is 21.2. The van der Waals surface area contributed by atoms with Crippen molar-refractivity contribution in [2.45, 2.75) is 110 Å². The molecule has 0 radical (unpaired) electrons. The van der Waals surface area contributed by atoms with E-state index >= 15 is 0 Å². The summed E-state index contributed by atoms with van der Waals surface area (Å²) in [6.07, 6.45) is 18.6. The van der Waals surface area contributed by atoms with Crippen LogP contribution in [-0.4, -0.2) is 73.5 Å². The molecule has 1 N–H and O–H groups in total. The summed E-state index contributed by atoms with van der Waals surface area (Å²) in [6, 6.07) is 0. The normalized spacial score (nSPS) is 33.5. The Bertz CT molecular complexity index is 436. The minimum Gasteiger partial charge on any atom is -0.393 e. The Kier molecular flexibility index (Phi) is 11.7. The zero-order chi connectivity index (χ0) is 21.9. The highest BCUT2D eigenvalue weighted by molar-refractivity contribution is 4.75. The number of hydrogen-bond acceptors (Lipinski definition) is 1. The van der Waals surface area contributed by atoms with Crippen molar-refractivity contribution in [3.05, 3.63) is 0 Å². The predicted molar refractivity (Wildman–Crippen MR) is 131 cm³/mol. The molecule has 0 spiro atoms. The van der Waals surface area contributed by atoms with Crippen molar-refractivity contribution in [3.63, 3.8) is 0 Å². The molecule has 0 amide bonds. The van der Waals surface area contributed by atoms with Crippen LogP contribution in [0.4, 0.5) is 0 Å². The molecule has 2 aliphatic rings. The highest BCUT2D eigenvalue weighted by atomic mass is 16.3. The third kappa shape index (κ3) is 9.17. The average Bonchev–Trinajstić information content (AvgIpc) is 2.74. The Morgan fingerprint density at radius 3 is 1.63 bits per heavy atom. The van der Waals surface area contributed by atoms with Crippen molar-refractivity contribution in [1.82, 2.24) is 0 Å². The van der Waals surface area contributed by atoms with Crippen molar-refractivity contribution in [2.75, 3.05) is 53.4 Å². The van der Waals surface area contributed by atoms with Gasteiger partial charge in [-0.25, -0.2) is 0 Å². The maximum Gasteiger partial charge on any atom is 0.0788 e. The molecule has 178 valence electrons. The molecule has 1 unspecified atom stereocenters. The first-order valence-electron chi connectivity index (χ1n) is 13.7. The number of rotatable bonds is 14. The van der Waals surface area contributed by atoms with Gasteiger partial charge in [-0.05, 0) is 63.2 Å². The van der Waals surface area contributed by atoms with Crippen LogP contribution in [0.3, 0.4) is 0 Å². The third-order valence-corrected chi connectivity index (χ3v) is 8.75. The minimum absolute atomic E-state index is 0.0457. The van der Waals surface area contributed by atoms with Crippen LogP contribution in [0.15, 0.2) is 0 Å². The standard InChI is InChI=1S/C27H56N2O/c1-5-7-9-11-19-28(3)21-15-25(16-22-28)13-14-27(30)26-17-23-29(4,24-18-26)20-12-10-8-6-2/h25-27,30H,5-24H2,1-4H3/q+2. The van der Waals surface area contributed by atoms with E-state index in [1.165, 1.54) is 132 Å². The van der Waals surface area contributed by atoms with Gasteiger partial charge < -0.3 is 14.1 Å². The van der Waals surface area contributed by atoms with Gasteiger partial charge in [0, 0.05) is 12.8 Å². The number of quaternary nitrogens is 2. The van der Waals surface area contributed by atoms with E-state index in [1.807, 2.05) is 0 Å². The average molecular weight is 425 g/mol. The number of piperidine rings is 2. The van der Waals surface area contributed by atoms with E-state index in [0.717, 1.165) is 12.3 Å². The van der Waals surface area contributed by atoms with Gasteiger partial charge in [-0.2, -0.15) is 0 Å². The number of likely N-dealkylation sites (tertiary alicyclic amines) is 2. The summed E-state index contributed by atoms with van der Waals surface area (Å²) in [5.74, 6) is 1.43. The molecule has 2 saturated heterocycles. The minimum atomic E-state index is -0.0457. The molecule has 2 rings (SSSR count). The van der Waals surface area contributed by atoms with Crippen LogP contribution in [-0.2, 0) is 0 Å². The van der Waals surface area contributed by atoms with Crippen molar-refractivity contribution in [2.24, 2.45) is 11.8 Å². The lowest BCUT2D eigenvalue weighted by Gasteiger charge is -2.42. The summed E-state index contributed by atoms with van der Waals surface area (Å²) in [7, 11) is 4.94. The molecule has 0 saturated carbocycles. The number of unbranched alkanes of at least 4 members (excludes halogenated alkanes) is 6. The number of nitrogens with zero attached hydrogens (tertiary/aromatic N) is 2. The second-order valence-electron chi connectivity index (χ2n) is 11.6. The molecule has 0 aromatic carbocycles. The van der Waals surface area contributed by atoms with E-state index in [4.69, 9.17) is 0 Å². The lowest BCUT2D eigenvalue weighted by Crippen LogP contribution is -2.51. The van der Waals surface area contributed by atoms with Crippen LogP contribution in [0.5, 0.6) is 0 Å². The molecule has 2 heterocycles. The fourth-order valence-electron chi connectivity index (χ4n) is 6.06. The van der Waals surface area contributed by atoms with E-state index in [-0.39, 0.29) is 6.10 Å². The molecule has 0 aromatic rings. The van der Waals surface area contributed by atoms with Crippen molar-refractivity contribution in [1.29, 1.82) is 0 Å². The lowest BCUT2D eigenvalue weighted by atomic mass is 9.84. The fourth-order valence-corrected chi connectivity index (χ4v) is 6.06. The Morgan fingerprint density at radius 2 is 1.17 bits per heavy atom. The maximum absolute atomic E-state index is 10.9. The summed E-state index contributed by atoms with van der Waals surface area (Å²) in [4.78, 5) is 0. The molecule has 2 aliphatic heterocycles. The fraction of sp³-hybridized carbons (Fsp3) is 1.00. The predicted octanol–water partition coefficient (Wildman–Crippen LogP) is 6.00. The highest BCUT2D eigenvalue weighted by Gasteiger charge is 2.34. The second-order valence-corrected chi connectivity index (χ2v) is 11.6. The highest BCUT2D eigenvalue weighted by Crippen LogP contribution is 2.31. The van der Waals surface area contributed by atoms with E-state index in [1.54, 1.807) is 0 Å². The SMILES string of the molecule is CCCCCC[N+]1(C)CCC(CCC(O)C2CC[N+](C)(CCCCCC)CC2)CC1. The monoisotopic (exact) mass is 424 g/mol. The van der Waals surface area contributed by atoms with E-state index in [9.17, 15) is 5.11 Å². The zero-order valence-electron chi connectivity index (χ0n) is 21.2. The largest absolute Gasteiger partial charge is 0.393 e. The molecule has 0 aliphatic carbocycles. The van der Waals surface area contributed by atoms with Crippen molar-refractivity contribution in [3.8, 4) is 0 Å². The smallest absolute Gasteiger partial charge is 0.0788 e. The molecule has 3 heteroatoms. The Balaban J connectivity index is 1.60. The van der Waals surface area contributed by atoms with Gasteiger partial charge in [-0.3, -0.25) is 0 Å². The van der Waals surface area contributed by atoms with Gasteiger partial charge in [-0.15, -0.1) is 0 Å². The van der Waals surface area contributed by atoms with Gasteiger partial charge in [-0.1, -0.05) is 39.5 Å². The first-order valence-corrected chi connectivity index (χ1v) is 13.7. The van der Waals surface area contributed by atoms with Gasteiger partial charge in [0.15, 0.2) is 0 Å². The number of aliphatic hydroxyl groups excluding tert-OH is 1. The molecule has 3 nitrogen and oxygen atoms in total. The van der Waals surface area contributed by atoms with Gasteiger partial charge in [0.2, 0.25) is 0 Å². The summed E-state index contributed by atoms with van der Waals surface area (Å²) in [6.45, 7) is 12.6. The Morgan fingerprint density at radius 1 is 0.700 bits per heavy atom. The lowest BCUT2D eigenvalue weighted by molar-refractivity contribution is -0.915. The van der Waals surface area contributed by atoms with Crippen LogP contribution >= 0.6 is 0 Å². The maximum atomic E-state index is 10.9. The van der Waals surface area contributed by atoms with Crippen LogP contribution in [0, 0.1) is 11.8 Å². The van der Waals surface area contributed by atoms with Crippen LogP contribution < -0.4 is 0 Å². The molecule has 0 bridgehead atoms. The number of hydrogen-bond donors (Lipinski definition) is 1. The summed E-state index contributed by atoms with van der Waals surface area (Å²) in [5.41, 5.74) is 0. The summed E-state index contributed by atoms with van der Waals surface area (Å²) < 4.78 is 2.56. The van der Waals surface area contributed by atoms with Gasteiger partial charge in [0.05, 0.1) is 59.5 Å². The van der Waals surface area contributed by atoms with Crippen molar-refractivity contribution >= 4 is 0 Å². The van der Waals surface area contributed by atoms with Crippen LogP contribution in [0.2, 0.25) is 0 Å². The second kappa shape index (κ2) is 13.4. The molecular formula is C27H56N2O+2. The van der Waals surface area contributed by atoms with E-state index in [0.29, 0.717) is 5.92 Å². The molecule has 0 aromatic heterocycles. The molecular weight excluding hydrogens is 368 g/mol. The van der Waals surface area contributed by atoms with E-state index < -0.39 is 0 Å². The van der Waals surface area contributed by atoms with Gasteiger partial charge >= 0.3 is 0 Å². The number of aliphatic hydroxyl groups is 1. The Labute approximate surface area is 189 Å². The van der Waals surface area contributed by atoms with Gasteiger partial charge in [0.25, 0.3) is 0 Å². The van der Waals surface area contributed by atoms with Crippen LogP contribution in [0.1, 0.15) is 104 Å². The third-order valence-electron chi connectivity index (χ3n) is 8.75. The quantitative estimate of drug-likeness (QED) is 0.268. The molecule has 30 heavy (non-hydrogen) atoms. The van der Waals surface area contributed by atoms with Crippen molar-refractivity contribution < 1.29 is 14.1 Å².